The largest absolute Gasteiger partial charge is 0.394 e. The molecule has 25 heavy (non-hydrogen) atoms. The Bertz CT molecular complexity index is 583. The predicted molar refractivity (Wildman–Crippen MR) is 105 cm³/mol. The summed E-state index contributed by atoms with van der Waals surface area (Å²) in [6.07, 6.45) is 8.90. The molecule has 138 valence electrons. The molecule has 2 atom stereocenters. The second-order valence-electron chi connectivity index (χ2n) is 7.03. The van der Waals surface area contributed by atoms with Crippen molar-refractivity contribution in [3.63, 3.8) is 0 Å². The van der Waals surface area contributed by atoms with Gasteiger partial charge in [0.05, 0.1) is 13.2 Å². The van der Waals surface area contributed by atoms with Gasteiger partial charge >= 0.3 is 0 Å². The zero-order valence-electron chi connectivity index (χ0n) is 15.7. The van der Waals surface area contributed by atoms with E-state index < -0.39 is 0 Å². The van der Waals surface area contributed by atoms with Crippen molar-refractivity contribution in [1.29, 1.82) is 5.41 Å². The molecule has 1 aromatic rings. The molecule has 0 saturated heterocycles. The van der Waals surface area contributed by atoms with Gasteiger partial charge in [0.15, 0.2) is 0 Å². The number of fused-ring (bicyclic) bond motifs is 1. The van der Waals surface area contributed by atoms with Gasteiger partial charge < -0.3 is 21.2 Å². The van der Waals surface area contributed by atoms with Crippen LogP contribution in [-0.4, -0.2) is 33.0 Å². The van der Waals surface area contributed by atoms with E-state index in [1.807, 2.05) is 13.2 Å². The molecule has 4 nitrogen and oxygen atoms in total. The number of rotatable bonds is 10. The first kappa shape index (κ1) is 19.7. The van der Waals surface area contributed by atoms with Crippen LogP contribution in [0.1, 0.15) is 48.8 Å². The number of benzene rings is 1. The van der Waals surface area contributed by atoms with Crippen LogP contribution in [-0.2, 0) is 17.6 Å². The summed E-state index contributed by atoms with van der Waals surface area (Å²) in [6, 6.07) is 6.97. The van der Waals surface area contributed by atoms with Gasteiger partial charge in [0.25, 0.3) is 0 Å². The molecule has 4 N–H and O–H groups in total. The number of nitrogens with two attached hydrogens (primary N) is 1. The summed E-state index contributed by atoms with van der Waals surface area (Å²) in [4.78, 5) is 0. The van der Waals surface area contributed by atoms with Crippen LogP contribution in [0.25, 0.3) is 0 Å². The minimum atomic E-state index is 0.495. The van der Waals surface area contributed by atoms with Crippen molar-refractivity contribution in [3.8, 4) is 0 Å². The second-order valence-corrected chi connectivity index (χ2v) is 7.03. The maximum Gasteiger partial charge on any atom is 0.0745 e. The SMILES string of the molecule is CCCC(CN)c1ccc2c(c1)CCC(COC/C(C=N)=C/NC)C2. The first-order valence-electron chi connectivity index (χ1n) is 9.48. The molecule has 1 aliphatic rings. The van der Waals surface area contributed by atoms with Crippen LogP contribution in [0.3, 0.4) is 0 Å². The van der Waals surface area contributed by atoms with Crippen molar-refractivity contribution in [2.45, 2.75) is 44.9 Å². The third kappa shape index (κ3) is 5.68. The highest BCUT2D eigenvalue weighted by molar-refractivity contribution is 5.75. The van der Waals surface area contributed by atoms with Crippen molar-refractivity contribution in [1.82, 2.24) is 5.32 Å². The minimum absolute atomic E-state index is 0.495. The lowest BCUT2D eigenvalue weighted by atomic mass is 9.82. The van der Waals surface area contributed by atoms with Crippen LogP contribution >= 0.6 is 0 Å². The van der Waals surface area contributed by atoms with E-state index in [1.165, 1.54) is 42.2 Å². The third-order valence-electron chi connectivity index (χ3n) is 5.09. The number of hydrogen-bond donors (Lipinski definition) is 3. The Morgan fingerprint density at radius 3 is 2.96 bits per heavy atom. The molecular weight excluding hydrogens is 310 g/mol. The molecule has 0 heterocycles. The fourth-order valence-corrected chi connectivity index (χ4v) is 3.67. The normalized spacial score (nSPS) is 18.5. The van der Waals surface area contributed by atoms with E-state index >= 15 is 0 Å². The summed E-state index contributed by atoms with van der Waals surface area (Å²) in [5.74, 6) is 1.07. The van der Waals surface area contributed by atoms with Crippen LogP contribution in [0.2, 0.25) is 0 Å². The average molecular weight is 344 g/mol. The Hall–Kier alpha value is -1.65. The summed E-state index contributed by atoms with van der Waals surface area (Å²) >= 11 is 0. The van der Waals surface area contributed by atoms with Crippen molar-refractivity contribution in [2.75, 3.05) is 26.8 Å². The molecule has 0 saturated carbocycles. The molecule has 1 aromatic carbocycles. The summed E-state index contributed by atoms with van der Waals surface area (Å²) < 4.78 is 5.83. The van der Waals surface area contributed by atoms with Gasteiger partial charge in [-0.1, -0.05) is 31.5 Å². The number of aryl methyl sites for hydroxylation is 1. The number of nitrogens with one attached hydrogen (secondary N) is 2. The van der Waals surface area contributed by atoms with Crippen molar-refractivity contribution in [2.24, 2.45) is 11.7 Å². The second kappa shape index (κ2) is 10.4. The molecule has 0 radical (unpaired) electrons. The molecule has 2 unspecified atom stereocenters. The van der Waals surface area contributed by atoms with E-state index in [0.29, 0.717) is 18.4 Å². The van der Waals surface area contributed by atoms with Gasteiger partial charge in [0, 0.05) is 25.0 Å². The highest BCUT2D eigenvalue weighted by Gasteiger charge is 2.20. The lowest BCUT2D eigenvalue weighted by Crippen LogP contribution is -2.21. The monoisotopic (exact) mass is 343 g/mol. The van der Waals surface area contributed by atoms with E-state index in [9.17, 15) is 0 Å². The van der Waals surface area contributed by atoms with Gasteiger partial charge in [0.2, 0.25) is 0 Å². The topological polar surface area (TPSA) is 71.1 Å². The van der Waals surface area contributed by atoms with E-state index in [2.05, 4.69) is 30.4 Å². The van der Waals surface area contributed by atoms with Crippen molar-refractivity contribution in [3.05, 3.63) is 46.7 Å². The summed E-state index contributed by atoms with van der Waals surface area (Å²) in [5.41, 5.74) is 11.2. The number of ether oxygens (including phenoxy) is 1. The Kier molecular flexibility index (Phi) is 8.16. The van der Waals surface area contributed by atoms with Gasteiger partial charge in [-0.2, -0.15) is 0 Å². The van der Waals surface area contributed by atoms with E-state index in [4.69, 9.17) is 15.9 Å². The van der Waals surface area contributed by atoms with Gasteiger partial charge in [0.1, 0.15) is 0 Å². The molecular formula is C21H33N3O. The summed E-state index contributed by atoms with van der Waals surface area (Å²) in [7, 11) is 1.84. The maximum absolute atomic E-state index is 7.36. The average Bonchev–Trinajstić information content (AvgIpc) is 2.65. The van der Waals surface area contributed by atoms with Crippen molar-refractivity contribution < 1.29 is 4.74 Å². The first-order chi connectivity index (χ1) is 12.2. The van der Waals surface area contributed by atoms with Crippen LogP contribution < -0.4 is 11.1 Å². The Morgan fingerprint density at radius 2 is 2.28 bits per heavy atom. The maximum atomic E-state index is 7.36. The smallest absolute Gasteiger partial charge is 0.0745 e. The standard InChI is InChI=1S/C21H33N3O/c1-3-4-21(12-23)20-8-7-18-9-16(5-6-19(18)10-20)14-25-15-17(11-22)13-24-2/h7-8,10-11,13,16,21-22,24H,3-6,9,12,14-15,23H2,1-2H3/b17-13+,22-11?. The van der Waals surface area contributed by atoms with Gasteiger partial charge in [-0.3, -0.25) is 0 Å². The highest BCUT2D eigenvalue weighted by atomic mass is 16.5. The number of hydrogen-bond acceptors (Lipinski definition) is 4. The zero-order chi connectivity index (χ0) is 18.1. The van der Waals surface area contributed by atoms with Crippen LogP contribution in [0.5, 0.6) is 0 Å². The first-order valence-corrected chi connectivity index (χ1v) is 9.48. The van der Waals surface area contributed by atoms with E-state index in [-0.39, 0.29) is 0 Å². The fraction of sp³-hybridized carbons (Fsp3) is 0.571. The molecule has 2 rings (SSSR count). The van der Waals surface area contributed by atoms with Gasteiger partial charge in [-0.05, 0) is 60.8 Å². The van der Waals surface area contributed by atoms with E-state index in [0.717, 1.165) is 31.6 Å². The Balaban J connectivity index is 1.91. The molecule has 0 amide bonds. The van der Waals surface area contributed by atoms with Crippen LogP contribution in [0.4, 0.5) is 0 Å². The molecule has 1 aliphatic carbocycles. The quantitative estimate of drug-likeness (QED) is 0.570. The minimum Gasteiger partial charge on any atom is -0.394 e. The summed E-state index contributed by atoms with van der Waals surface area (Å²) in [5, 5.41) is 10.3. The summed E-state index contributed by atoms with van der Waals surface area (Å²) in [6.45, 7) is 4.22. The van der Waals surface area contributed by atoms with E-state index in [1.54, 1.807) is 0 Å². The molecule has 0 bridgehead atoms. The molecule has 4 heteroatoms. The predicted octanol–water partition coefficient (Wildman–Crippen LogP) is 3.40. The fourth-order valence-electron chi connectivity index (χ4n) is 3.67. The molecule has 0 spiro atoms. The van der Waals surface area contributed by atoms with Crippen LogP contribution in [0.15, 0.2) is 30.0 Å². The molecule has 0 aliphatic heterocycles. The van der Waals surface area contributed by atoms with Crippen molar-refractivity contribution >= 4 is 6.21 Å². The zero-order valence-corrected chi connectivity index (χ0v) is 15.7. The lowest BCUT2D eigenvalue weighted by molar-refractivity contribution is 0.114. The van der Waals surface area contributed by atoms with Crippen LogP contribution in [0, 0.1) is 11.3 Å². The Labute approximate surface area is 152 Å². The molecule has 0 fully saturated rings. The Morgan fingerprint density at radius 1 is 1.44 bits per heavy atom. The lowest BCUT2D eigenvalue weighted by Gasteiger charge is -2.26. The highest BCUT2D eigenvalue weighted by Crippen LogP contribution is 2.30. The third-order valence-corrected chi connectivity index (χ3v) is 5.09. The van der Waals surface area contributed by atoms with Gasteiger partial charge in [-0.25, -0.2) is 0 Å². The molecule has 0 aromatic heterocycles. The van der Waals surface area contributed by atoms with Gasteiger partial charge in [-0.15, -0.1) is 0 Å².